The van der Waals surface area contributed by atoms with Gasteiger partial charge < -0.3 is 9.73 Å². The van der Waals surface area contributed by atoms with Gasteiger partial charge in [0.25, 0.3) is 5.91 Å². The van der Waals surface area contributed by atoms with E-state index in [1.54, 1.807) is 23.1 Å². The first-order valence-corrected chi connectivity index (χ1v) is 9.43. The molecule has 0 aliphatic rings. The van der Waals surface area contributed by atoms with Crippen molar-refractivity contribution in [3.8, 4) is 17.1 Å². The van der Waals surface area contributed by atoms with Crippen LogP contribution in [0.5, 0.6) is 0 Å². The Morgan fingerprint density at radius 2 is 1.97 bits per heavy atom. The normalized spacial score (nSPS) is 10.9. The lowest BCUT2D eigenvalue weighted by atomic mass is 10.1. The summed E-state index contributed by atoms with van der Waals surface area (Å²) in [5.74, 6) is 1.21. The lowest BCUT2D eigenvalue weighted by Gasteiger charge is -2.11. The summed E-state index contributed by atoms with van der Waals surface area (Å²) in [5, 5.41) is 7.64. The lowest BCUT2D eigenvalue weighted by molar-refractivity contribution is 0.0943. The van der Waals surface area contributed by atoms with Gasteiger partial charge in [-0.2, -0.15) is 5.10 Å². The molecule has 0 saturated carbocycles. The highest BCUT2D eigenvalue weighted by Crippen LogP contribution is 2.25. The van der Waals surface area contributed by atoms with Crippen molar-refractivity contribution in [3.63, 3.8) is 0 Å². The SMILES string of the molecule is Cc1ccc(-n2nc(-c3ccc(C)o3)cc2C(=O)NCc2cccnc2)c(C)c1. The molecule has 6 heteroatoms. The van der Waals surface area contributed by atoms with Gasteiger partial charge in [-0.25, -0.2) is 4.68 Å². The van der Waals surface area contributed by atoms with Crippen molar-refractivity contribution in [3.05, 3.63) is 89.1 Å². The molecule has 3 heterocycles. The van der Waals surface area contributed by atoms with E-state index in [1.165, 1.54) is 0 Å². The Kier molecular flexibility index (Phi) is 4.99. The van der Waals surface area contributed by atoms with Crippen LogP contribution in [-0.4, -0.2) is 20.7 Å². The number of amides is 1. The van der Waals surface area contributed by atoms with E-state index in [-0.39, 0.29) is 5.91 Å². The summed E-state index contributed by atoms with van der Waals surface area (Å²) >= 11 is 0. The van der Waals surface area contributed by atoms with Crippen molar-refractivity contribution in [2.75, 3.05) is 0 Å². The number of pyridine rings is 1. The Balaban J connectivity index is 1.72. The van der Waals surface area contributed by atoms with Gasteiger partial charge in [0, 0.05) is 25.0 Å². The average molecular weight is 386 g/mol. The highest BCUT2D eigenvalue weighted by Gasteiger charge is 2.20. The smallest absolute Gasteiger partial charge is 0.270 e. The van der Waals surface area contributed by atoms with Crippen LogP contribution < -0.4 is 5.32 Å². The van der Waals surface area contributed by atoms with Crippen LogP contribution in [0.2, 0.25) is 0 Å². The number of furan rings is 1. The fourth-order valence-corrected chi connectivity index (χ4v) is 3.24. The molecule has 0 atom stereocenters. The maximum atomic E-state index is 13.0. The van der Waals surface area contributed by atoms with Crippen LogP contribution in [0.25, 0.3) is 17.1 Å². The van der Waals surface area contributed by atoms with Crippen molar-refractivity contribution in [2.45, 2.75) is 27.3 Å². The molecular formula is C23H22N4O2. The number of carbonyl (C=O) groups is 1. The van der Waals surface area contributed by atoms with Gasteiger partial charge in [0.15, 0.2) is 5.76 Å². The Hall–Kier alpha value is -3.67. The Bertz CT molecular complexity index is 1160. The fourth-order valence-electron chi connectivity index (χ4n) is 3.24. The summed E-state index contributed by atoms with van der Waals surface area (Å²) in [6.07, 6.45) is 3.44. The number of aryl methyl sites for hydroxylation is 3. The third kappa shape index (κ3) is 3.96. The van der Waals surface area contributed by atoms with Gasteiger partial charge in [0.2, 0.25) is 0 Å². The van der Waals surface area contributed by atoms with E-state index >= 15 is 0 Å². The molecule has 0 unspecified atom stereocenters. The van der Waals surface area contributed by atoms with Gasteiger partial charge in [0.05, 0.1) is 5.69 Å². The van der Waals surface area contributed by atoms with Crippen molar-refractivity contribution in [1.29, 1.82) is 0 Å². The molecule has 0 aliphatic carbocycles. The van der Waals surface area contributed by atoms with Crippen molar-refractivity contribution in [1.82, 2.24) is 20.1 Å². The molecule has 0 aliphatic heterocycles. The summed E-state index contributed by atoms with van der Waals surface area (Å²) in [6, 6.07) is 15.3. The molecule has 1 amide bonds. The number of nitrogens with one attached hydrogen (secondary N) is 1. The molecule has 0 spiro atoms. The number of hydrogen-bond acceptors (Lipinski definition) is 4. The van der Waals surface area contributed by atoms with E-state index in [9.17, 15) is 4.79 Å². The third-order valence-corrected chi connectivity index (χ3v) is 4.69. The topological polar surface area (TPSA) is 73.0 Å². The molecular weight excluding hydrogens is 364 g/mol. The molecule has 146 valence electrons. The Morgan fingerprint density at radius 3 is 2.66 bits per heavy atom. The quantitative estimate of drug-likeness (QED) is 0.552. The first-order chi connectivity index (χ1) is 14.0. The zero-order chi connectivity index (χ0) is 20.4. The molecule has 1 aromatic carbocycles. The summed E-state index contributed by atoms with van der Waals surface area (Å²) in [5.41, 5.74) is 5.05. The van der Waals surface area contributed by atoms with Crippen LogP contribution in [0.4, 0.5) is 0 Å². The number of rotatable bonds is 5. The standard InChI is InChI=1S/C23H22N4O2/c1-15-6-8-20(16(2)11-15)27-21(12-19(26-27)22-9-7-17(3)29-22)23(28)25-14-18-5-4-10-24-13-18/h4-13H,14H2,1-3H3,(H,25,28). The van der Waals surface area contributed by atoms with Gasteiger partial charge >= 0.3 is 0 Å². The van der Waals surface area contributed by atoms with E-state index in [4.69, 9.17) is 4.42 Å². The maximum Gasteiger partial charge on any atom is 0.270 e. The molecule has 0 bridgehead atoms. The number of nitrogens with zero attached hydrogens (tertiary/aromatic N) is 3. The lowest BCUT2D eigenvalue weighted by Crippen LogP contribution is -2.25. The second kappa shape index (κ2) is 7.75. The monoisotopic (exact) mass is 386 g/mol. The van der Waals surface area contributed by atoms with E-state index in [1.807, 2.05) is 57.2 Å². The Morgan fingerprint density at radius 1 is 1.10 bits per heavy atom. The molecule has 3 aromatic heterocycles. The summed E-state index contributed by atoms with van der Waals surface area (Å²) in [6.45, 7) is 6.32. The van der Waals surface area contributed by atoms with E-state index in [2.05, 4.69) is 21.5 Å². The molecule has 4 aromatic rings. The van der Waals surface area contributed by atoms with Gasteiger partial charge in [-0.3, -0.25) is 9.78 Å². The van der Waals surface area contributed by atoms with Gasteiger partial charge in [-0.05, 0) is 56.2 Å². The van der Waals surface area contributed by atoms with Crippen LogP contribution in [0.3, 0.4) is 0 Å². The maximum absolute atomic E-state index is 13.0. The van der Waals surface area contributed by atoms with E-state index in [0.717, 1.165) is 28.1 Å². The molecule has 29 heavy (non-hydrogen) atoms. The van der Waals surface area contributed by atoms with Crippen molar-refractivity contribution < 1.29 is 9.21 Å². The first-order valence-electron chi connectivity index (χ1n) is 9.43. The van der Waals surface area contributed by atoms with Gasteiger partial charge in [0.1, 0.15) is 17.1 Å². The average Bonchev–Trinajstić information content (AvgIpc) is 3.33. The predicted octanol–water partition coefficient (Wildman–Crippen LogP) is 4.38. The number of benzene rings is 1. The minimum atomic E-state index is -0.212. The number of aromatic nitrogens is 3. The molecule has 4 rings (SSSR count). The molecule has 0 saturated heterocycles. The fraction of sp³-hybridized carbons (Fsp3) is 0.174. The summed E-state index contributed by atoms with van der Waals surface area (Å²) in [7, 11) is 0. The molecule has 6 nitrogen and oxygen atoms in total. The minimum absolute atomic E-state index is 0.212. The molecule has 0 fully saturated rings. The van der Waals surface area contributed by atoms with Crippen molar-refractivity contribution >= 4 is 5.91 Å². The van der Waals surface area contributed by atoms with Crippen LogP contribution in [-0.2, 0) is 6.54 Å². The molecule has 0 radical (unpaired) electrons. The van der Waals surface area contributed by atoms with E-state index < -0.39 is 0 Å². The highest BCUT2D eigenvalue weighted by atomic mass is 16.3. The zero-order valence-electron chi connectivity index (χ0n) is 16.6. The number of carbonyl (C=O) groups excluding carboxylic acids is 1. The van der Waals surface area contributed by atoms with Crippen molar-refractivity contribution in [2.24, 2.45) is 0 Å². The summed E-state index contributed by atoms with van der Waals surface area (Å²) in [4.78, 5) is 17.1. The highest BCUT2D eigenvalue weighted by molar-refractivity contribution is 5.94. The van der Waals surface area contributed by atoms with Crippen LogP contribution in [0.1, 0.15) is 32.9 Å². The zero-order valence-corrected chi connectivity index (χ0v) is 16.6. The number of hydrogen-bond donors (Lipinski definition) is 1. The van der Waals surface area contributed by atoms with E-state index in [0.29, 0.717) is 23.7 Å². The Labute approximate surface area is 169 Å². The van der Waals surface area contributed by atoms with Crippen LogP contribution in [0, 0.1) is 20.8 Å². The largest absolute Gasteiger partial charge is 0.460 e. The second-order valence-electron chi connectivity index (χ2n) is 7.07. The predicted molar refractivity (Wildman–Crippen MR) is 111 cm³/mol. The van der Waals surface area contributed by atoms with Gasteiger partial charge in [-0.1, -0.05) is 23.8 Å². The first kappa shape index (κ1) is 18.7. The van der Waals surface area contributed by atoms with Crippen LogP contribution >= 0.6 is 0 Å². The third-order valence-electron chi connectivity index (χ3n) is 4.69. The van der Waals surface area contributed by atoms with Gasteiger partial charge in [-0.15, -0.1) is 0 Å². The second-order valence-corrected chi connectivity index (χ2v) is 7.07. The van der Waals surface area contributed by atoms with Crippen LogP contribution in [0.15, 0.2) is 65.3 Å². The minimum Gasteiger partial charge on any atom is -0.460 e. The summed E-state index contributed by atoms with van der Waals surface area (Å²) < 4.78 is 7.40. The molecule has 1 N–H and O–H groups in total.